The molecule has 0 aromatic heterocycles. The van der Waals surface area contributed by atoms with Crippen molar-refractivity contribution in [2.45, 2.75) is 38.8 Å². The predicted molar refractivity (Wildman–Crippen MR) is 54.1 cm³/mol. The van der Waals surface area contributed by atoms with Gasteiger partial charge in [-0.3, -0.25) is 9.59 Å². The molecule has 0 aromatic carbocycles. The van der Waals surface area contributed by atoms with Gasteiger partial charge in [-0.25, -0.2) is 0 Å². The Morgan fingerprint density at radius 3 is 2.73 bits per heavy atom. The van der Waals surface area contributed by atoms with Gasteiger partial charge >= 0.3 is 0 Å². The largest absolute Gasteiger partial charge is 0.345 e. The number of carbonyl (C=O) groups is 3. The van der Waals surface area contributed by atoms with E-state index in [0.29, 0.717) is 6.54 Å². The molecule has 1 N–H and O–H groups in total. The van der Waals surface area contributed by atoms with Crippen LogP contribution in [0.25, 0.3) is 0 Å². The maximum absolute atomic E-state index is 11.8. The van der Waals surface area contributed by atoms with Crippen LogP contribution in [-0.4, -0.2) is 41.6 Å². The van der Waals surface area contributed by atoms with Gasteiger partial charge in [0, 0.05) is 13.5 Å². The second-order valence-electron chi connectivity index (χ2n) is 3.80. The summed E-state index contributed by atoms with van der Waals surface area (Å²) in [6.45, 7) is 3.60. The van der Waals surface area contributed by atoms with E-state index in [1.165, 1.54) is 11.8 Å². The van der Waals surface area contributed by atoms with Crippen molar-refractivity contribution in [1.29, 1.82) is 0 Å². The molecule has 0 bridgehead atoms. The van der Waals surface area contributed by atoms with E-state index < -0.39 is 6.04 Å². The lowest BCUT2D eigenvalue weighted by Crippen LogP contribution is -2.48. The molecule has 0 spiro atoms. The van der Waals surface area contributed by atoms with Crippen molar-refractivity contribution in [2.75, 3.05) is 6.54 Å². The number of hydrogen-bond acceptors (Lipinski definition) is 3. The second kappa shape index (κ2) is 4.91. The molecule has 5 nitrogen and oxygen atoms in total. The Kier molecular flexibility index (Phi) is 3.82. The van der Waals surface area contributed by atoms with Crippen LogP contribution in [-0.2, 0) is 14.4 Å². The fraction of sp³-hybridized carbons (Fsp3) is 0.700. The zero-order chi connectivity index (χ0) is 11.4. The summed E-state index contributed by atoms with van der Waals surface area (Å²) in [5.74, 6) is -0.419. The van der Waals surface area contributed by atoms with Crippen molar-refractivity contribution in [3.8, 4) is 0 Å². The average Bonchev–Trinajstić information content (AvgIpc) is 2.62. The Morgan fingerprint density at radius 1 is 1.53 bits per heavy atom. The first kappa shape index (κ1) is 11.7. The van der Waals surface area contributed by atoms with Crippen LogP contribution in [0.1, 0.15) is 26.7 Å². The quantitative estimate of drug-likeness (QED) is 0.653. The van der Waals surface area contributed by atoms with Gasteiger partial charge in [0.15, 0.2) is 0 Å². The van der Waals surface area contributed by atoms with Crippen molar-refractivity contribution >= 4 is 18.1 Å². The fourth-order valence-electron chi connectivity index (χ4n) is 1.82. The van der Waals surface area contributed by atoms with Crippen LogP contribution in [0.4, 0.5) is 0 Å². The van der Waals surface area contributed by atoms with Gasteiger partial charge in [0.05, 0.1) is 6.04 Å². The highest BCUT2D eigenvalue weighted by Gasteiger charge is 2.31. The Labute approximate surface area is 88.8 Å². The minimum atomic E-state index is -0.553. The minimum Gasteiger partial charge on any atom is -0.345 e. The molecule has 1 aliphatic rings. The van der Waals surface area contributed by atoms with Crippen LogP contribution >= 0.6 is 0 Å². The van der Waals surface area contributed by atoms with E-state index in [0.717, 1.165) is 19.1 Å². The number of rotatable bonds is 3. The van der Waals surface area contributed by atoms with Crippen LogP contribution in [0.15, 0.2) is 0 Å². The van der Waals surface area contributed by atoms with Gasteiger partial charge in [-0.2, -0.15) is 0 Å². The molecule has 0 aromatic rings. The van der Waals surface area contributed by atoms with E-state index in [9.17, 15) is 14.4 Å². The highest BCUT2D eigenvalue weighted by molar-refractivity contribution is 5.88. The number of nitrogens with zero attached hydrogens (tertiary/aromatic N) is 1. The molecular formula is C10H16N2O3. The summed E-state index contributed by atoms with van der Waals surface area (Å²) < 4.78 is 0. The third-order valence-electron chi connectivity index (χ3n) is 2.53. The van der Waals surface area contributed by atoms with Gasteiger partial charge in [-0.05, 0) is 19.8 Å². The molecule has 2 atom stereocenters. The van der Waals surface area contributed by atoms with E-state index in [-0.39, 0.29) is 17.9 Å². The molecular weight excluding hydrogens is 196 g/mol. The molecule has 2 amide bonds. The van der Waals surface area contributed by atoms with Gasteiger partial charge in [-0.15, -0.1) is 0 Å². The summed E-state index contributed by atoms with van der Waals surface area (Å²) in [5, 5.41) is 2.52. The summed E-state index contributed by atoms with van der Waals surface area (Å²) in [5.41, 5.74) is 0. The fourth-order valence-corrected chi connectivity index (χ4v) is 1.82. The normalized spacial score (nSPS) is 22.3. The van der Waals surface area contributed by atoms with E-state index in [4.69, 9.17) is 0 Å². The SMILES string of the molecule is CC(=O)NC(C)C(=O)N1CCCC1C=O. The van der Waals surface area contributed by atoms with Crippen LogP contribution in [0.5, 0.6) is 0 Å². The topological polar surface area (TPSA) is 66.5 Å². The lowest BCUT2D eigenvalue weighted by Gasteiger charge is -2.24. The first-order valence-electron chi connectivity index (χ1n) is 5.09. The molecule has 2 unspecified atom stereocenters. The van der Waals surface area contributed by atoms with E-state index >= 15 is 0 Å². The van der Waals surface area contributed by atoms with Gasteiger partial charge in [0.25, 0.3) is 0 Å². The Balaban J connectivity index is 2.58. The molecule has 0 aliphatic carbocycles. The van der Waals surface area contributed by atoms with Crippen LogP contribution < -0.4 is 5.32 Å². The second-order valence-corrected chi connectivity index (χ2v) is 3.80. The van der Waals surface area contributed by atoms with Crippen molar-refractivity contribution in [3.05, 3.63) is 0 Å². The van der Waals surface area contributed by atoms with Crippen molar-refractivity contribution < 1.29 is 14.4 Å². The van der Waals surface area contributed by atoms with Crippen LogP contribution in [0.3, 0.4) is 0 Å². The van der Waals surface area contributed by atoms with Gasteiger partial charge in [0.1, 0.15) is 12.3 Å². The molecule has 0 radical (unpaired) electrons. The predicted octanol–water partition coefficient (Wildman–Crippen LogP) is -0.299. The Bertz CT molecular complexity index is 278. The third-order valence-corrected chi connectivity index (χ3v) is 2.53. The number of nitrogens with one attached hydrogen (secondary N) is 1. The average molecular weight is 212 g/mol. The maximum atomic E-state index is 11.8. The summed E-state index contributed by atoms with van der Waals surface area (Å²) in [7, 11) is 0. The summed E-state index contributed by atoms with van der Waals surface area (Å²) in [6.07, 6.45) is 2.37. The number of carbonyl (C=O) groups excluding carboxylic acids is 3. The van der Waals surface area contributed by atoms with Crippen molar-refractivity contribution in [1.82, 2.24) is 10.2 Å². The molecule has 1 fully saturated rings. The standard InChI is InChI=1S/C10H16N2O3/c1-7(11-8(2)14)10(15)12-5-3-4-9(12)6-13/h6-7,9H,3-5H2,1-2H3,(H,11,14). The number of amides is 2. The molecule has 5 heteroatoms. The van der Waals surface area contributed by atoms with E-state index in [1.807, 2.05) is 0 Å². The molecule has 15 heavy (non-hydrogen) atoms. The monoisotopic (exact) mass is 212 g/mol. The number of aldehydes is 1. The molecule has 1 heterocycles. The number of likely N-dealkylation sites (tertiary alicyclic amines) is 1. The smallest absolute Gasteiger partial charge is 0.245 e. The summed E-state index contributed by atoms with van der Waals surface area (Å²) in [6, 6.07) is -0.864. The highest BCUT2D eigenvalue weighted by Crippen LogP contribution is 2.16. The zero-order valence-corrected chi connectivity index (χ0v) is 9.03. The van der Waals surface area contributed by atoms with Crippen LogP contribution in [0.2, 0.25) is 0 Å². The summed E-state index contributed by atoms with van der Waals surface area (Å²) in [4.78, 5) is 34.8. The highest BCUT2D eigenvalue weighted by atomic mass is 16.2. The van der Waals surface area contributed by atoms with Gasteiger partial charge < -0.3 is 15.0 Å². The third kappa shape index (κ3) is 2.78. The van der Waals surface area contributed by atoms with Crippen molar-refractivity contribution in [3.63, 3.8) is 0 Å². The van der Waals surface area contributed by atoms with Gasteiger partial charge in [0.2, 0.25) is 11.8 Å². The molecule has 1 saturated heterocycles. The van der Waals surface area contributed by atoms with Gasteiger partial charge in [-0.1, -0.05) is 0 Å². The summed E-state index contributed by atoms with van der Waals surface area (Å²) >= 11 is 0. The number of hydrogen-bond donors (Lipinski definition) is 1. The van der Waals surface area contributed by atoms with Crippen LogP contribution in [0, 0.1) is 0 Å². The zero-order valence-electron chi connectivity index (χ0n) is 9.03. The molecule has 0 saturated carbocycles. The van der Waals surface area contributed by atoms with Crippen molar-refractivity contribution in [2.24, 2.45) is 0 Å². The molecule has 84 valence electrons. The first-order chi connectivity index (χ1) is 7.06. The Morgan fingerprint density at radius 2 is 2.20 bits per heavy atom. The van der Waals surface area contributed by atoms with E-state index in [2.05, 4.69) is 5.32 Å². The molecule has 1 aliphatic heterocycles. The maximum Gasteiger partial charge on any atom is 0.245 e. The Hall–Kier alpha value is -1.39. The minimum absolute atomic E-state index is 0.181. The first-order valence-corrected chi connectivity index (χ1v) is 5.09. The lowest BCUT2D eigenvalue weighted by molar-refractivity contribution is -0.137. The molecule has 1 rings (SSSR count). The van der Waals surface area contributed by atoms with E-state index in [1.54, 1.807) is 6.92 Å². The lowest BCUT2D eigenvalue weighted by atomic mass is 10.2.